The van der Waals surface area contributed by atoms with Crippen LogP contribution in [-0.2, 0) is 9.53 Å². The normalized spacial score (nSPS) is 15.8. The zero-order valence-electron chi connectivity index (χ0n) is 14.3. The van der Waals surface area contributed by atoms with Gasteiger partial charge in [-0.3, -0.25) is 9.59 Å². The maximum atomic E-state index is 12.6. The van der Waals surface area contributed by atoms with Crippen molar-refractivity contribution < 1.29 is 24.2 Å². The van der Waals surface area contributed by atoms with Crippen molar-refractivity contribution in [3.8, 4) is 11.5 Å². The molecule has 0 radical (unpaired) electrons. The fraction of sp³-hybridized carbons (Fsp3) is 0.300. The first-order chi connectivity index (χ1) is 12.6. The lowest BCUT2D eigenvalue weighted by atomic mass is 9.86. The van der Waals surface area contributed by atoms with Crippen LogP contribution in [0.5, 0.6) is 11.5 Å². The molecule has 26 heavy (non-hydrogen) atoms. The van der Waals surface area contributed by atoms with Crippen LogP contribution in [-0.4, -0.2) is 35.7 Å². The summed E-state index contributed by atoms with van der Waals surface area (Å²) >= 11 is 0. The lowest BCUT2D eigenvalue weighted by Gasteiger charge is -2.36. The van der Waals surface area contributed by atoms with Crippen LogP contribution in [0.15, 0.2) is 54.6 Å². The van der Waals surface area contributed by atoms with E-state index in [1.807, 2.05) is 30.3 Å². The standard InChI is InChI=1S/C20H21NO5/c22-18(23)14-20(10-12-25-13-11-20)21-19(24)15-6-8-17(9-7-15)26-16-4-2-1-3-5-16/h1-9H,10-14H2,(H,21,24)(H,22,23). The molecule has 0 spiro atoms. The fourth-order valence-electron chi connectivity index (χ4n) is 3.01. The third-order valence-electron chi connectivity index (χ3n) is 4.41. The highest BCUT2D eigenvalue weighted by molar-refractivity contribution is 5.95. The van der Waals surface area contributed by atoms with Crippen LogP contribution in [0, 0.1) is 0 Å². The van der Waals surface area contributed by atoms with Crippen molar-refractivity contribution in [3.05, 3.63) is 60.2 Å². The summed E-state index contributed by atoms with van der Waals surface area (Å²) in [4.78, 5) is 23.8. The van der Waals surface area contributed by atoms with E-state index in [2.05, 4.69) is 5.32 Å². The van der Waals surface area contributed by atoms with E-state index in [0.717, 1.165) is 0 Å². The summed E-state index contributed by atoms with van der Waals surface area (Å²) in [7, 11) is 0. The highest BCUT2D eigenvalue weighted by atomic mass is 16.5. The Morgan fingerprint density at radius 2 is 1.62 bits per heavy atom. The van der Waals surface area contributed by atoms with E-state index in [1.54, 1.807) is 24.3 Å². The summed E-state index contributed by atoms with van der Waals surface area (Å²) in [5, 5.41) is 12.1. The van der Waals surface area contributed by atoms with E-state index in [4.69, 9.17) is 9.47 Å². The van der Waals surface area contributed by atoms with Gasteiger partial charge in [-0.15, -0.1) is 0 Å². The van der Waals surface area contributed by atoms with E-state index >= 15 is 0 Å². The van der Waals surface area contributed by atoms with Gasteiger partial charge in [0.25, 0.3) is 5.91 Å². The maximum absolute atomic E-state index is 12.6. The zero-order valence-corrected chi connectivity index (χ0v) is 14.3. The Morgan fingerprint density at radius 1 is 1.00 bits per heavy atom. The molecular weight excluding hydrogens is 334 g/mol. The van der Waals surface area contributed by atoms with Gasteiger partial charge in [-0.1, -0.05) is 18.2 Å². The largest absolute Gasteiger partial charge is 0.481 e. The van der Waals surface area contributed by atoms with Gasteiger partial charge in [0.1, 0.15) is 11.5 Å². The monoisotopic (exact) mass is 355 g/mol. The van der Waals surface area contributed by atoms with Crippen molar-refractivity contribution in [1.82, 2.24) is 5.32 Å². The molecule has 1 aliphatic rings. The van der Waals surface area contributed by atoms with Gasteiger partial charge >= 0.3 is 5.97 Å². The van der Waals surface area contributed by atoms with Crippen molar-refractivity contribution in [2.24, 2.45) is 0 Å². The fourth-order valence-corrected chi connectivity index (χ4v) is 3.01. The molecule has 2 aromatic rings. The number of para-hydroxylation sites is 1. The maximum Gasteiger partial charge on any atom is 0.305 e. The van der Waals surface area contributed by atoms with Crippen LogP contribution < -0.4 is 10.1 Å². The quantitative estimate of drug-likeness (QED) is 0.831. The van der Waals surface area contributed by atoms with Crippen molar-refractivity contribution in [3.63, 3.8) is 0 Å². The number of hydrogen-bond acceptors (Lipinski definition) is 4. The molecule has 6 nitrogen and oxygen atoms in total. The average Bonchev–Trinajstić information content (AvgIpc) is 2.63. The molecule has 0 aliphatic carbocycles. The molecule has 1 saturated heterocycles. The number of ether oxygens (including phenoxy) is 2. The lowest BCUT2D eigenvalue weighted by molar-refractivity contribution is -0.139. The molecule has 0 aromatic heterocycles. The molecule has 1 fully saturated rings. The molecule has 6 heteroatoms. The first kappa shape index (κ1) is 17.9. The summed E-state index contributed by atoms with van der Waals surface area (Å²) in [5.41, 5.74) is -0.304. The van der Waals surface area contributed by atoms with Crippen LogP contribution >= 0.6 is 0 Å². The van der Waals surface area contributed by atoms with Gasteiger partial charge in [-0.05, 0) is 49.2 Å². The second-order valence-electron chi connectivity index (χ2n) is 6.36. The number of amides is 1. The Hall–Kier alpha value is -2.86. The van der Waals surface area contributed by atoms with E-state index in [9.17, 15) is 14.7 Å². The van der Waals surface area contributed by atoms with Gasteiger partial charge < -0.3 is 19.9 Å². The van der Waals surface area contributed by atoms with E-state index in [1.165, 1.54) is 0 Å². The van der Waals surface area contributed by atoms with Crippen LogP contribution in [0.4, 0.5) is 0 Å². The number of carbonyl (C=O) groups is 2. The number of carboxylic acid groups (broad SMARTS) is 1. The van der Waals surface area contributed by atoms with Crippen LogP contribution in [0.3, 0.4) is 0 Å². The summed E-state index contributed by atoms with van der Waals surface area (Å²) in [5.74, 6) is 0.115. The topological polar surface area (TPSA) is 84.9 Å². The minimum Gasteiger partial charge on any atom is -0.481 e. The molecule has 1 amide bonds. The number of carbonyl (C=O) groups excluding carboxylic acids is 1. The summed E-state index contributed by atoms with van der Waals surface area (Å²) in [6.07, 6.45) is 0.859. The molecule has 0 unspecified atom stereocenters. The number of carboxylic acids is 1. The summed E-state index contributed by atoms with van der Waals surface area (Å²) in [6, 6.07) is 16.1. The van der Waals surface area contributed by atoms with E-state index < -0.39 is 11.5 Å². The smallest absolute Gasteiger partial charge is 0.305 e. The lowest BCUT2D eigenvalue weighted by Crippen LogP contribution is -2.53. The molecule has 136 valence electrons. The van der Waals surface area contributed by atoms with Gasteiger partial charge in [0.2, 0.25) is 0 Å². The SMILES string of the molecule is O=C(O)CC1(NC(=O)c2ccc(Oc3ccccc3)cc2)CCOCC1. The Kier molecular flexibility index (Phi) is 5.53. The summed E-state index contributed by atoms with van der Waals surface area (Å²) in [6.45, 7) is 0.884. The molecule has 2 aromatic carbocycles. The third-order valence-corrected chi connectivity index (χ3v) is 4.41. The molecule has 0 atom stereocenters. The number of nitrogens with one attached hydrogen (secondary N) is 1. The molecule has 0 saturated carbocycles. The number of rotatable bonds is 6. The molecule has 0 bridgehead atoms. The molecular formula is C20H21NO5. The minimum atomic E-state index is -0.932. The predicted octanol–water partition coefficient (Wildman–Crippen LogP) is 3.23. The Bertz CT molecular complexity index is 752. The number of aliphatic carboxylic acids is 1. The third kappa shape index (κ3) is 4.61. The Balaban J connectivity index is 1.67. The van der Waals surface area contributed by atoms with Gasteiger partial charge in [0, 0.05) is 18.8 Å². The van der Waals surface area contributed by atoms with Crippen molar-refractivity contribution in [2.45, 2.75) is 24.8 Å². The first-order valence-electron chi connectivity index (χ1n) is 8.51. The Labute approximate surface area is 151 Å². The highest BCUT2D eigenvalue weighted by Crippen LogP contribution is 2.26. The molecule has 2 N–H and O–H groups in total. The zero-order chi connectivity index (χ0) is 18.4. The van der Waals surface area contributed by atoms with Crippen LogP contribution in [0.25, 0.3) is 0 Å². The first-order valence-corrected chi connectivity index (χ1v) is 8.51. The van der Waals surface area contributed by atoms with E-state index in [-0.39, 0.29) is 12.3 Å². The summed E-state index contributed by atoms with van der Waals surface area (Å²) < 4.78 is 11.0. The van der Waals surface area contributed by atoms with Gasteiger partial charge in [0.05, 0.1) is 12.0 Å². The minimum absolute atomic E-state index is 0.114. The number of benzene rings is 2. The average molecular weight is 355 g/mol. The van der Waals surface area contributed by atoms with Crippen molar-refractivity contribution in [1.29, 1.82) is 0 Å². The molecule has 1 heterocycles. The van der Waals surface area contributed by atoms with Gasteiger partial charge in [-0.25, -0.2) is 0 Å². The second-order valence-corrected chi connectivity index (χ2v) is 6.36. The molecule has 1 aliphatic heterocycles. The highest BCUT2D eigenvalue weighted by Gasteiger charge is 2.36. The van der Waals surface area contributed by atoms with Crippen LogP contribution in [0.1, 0.15) is 29.6 Å². The van der Waals surface area contributed by atoms with Crippen molar-refractivity contribution >= 4 is 11.9 Å². The van der Waals surface area contributed by atoms with Crippen LogP contribution in [0.2, 0.25) is 0 Å². The molecule has 3 rings (SSSR count). The Morgan fingerprint density at radius 3 is 2.23 bits per heavy atom. The number of hydrogen-bond donors (Lipinski definition) is 2. The van der Waals surface area contributed by atoms with E-state index in [0.29, 0.717) is 43.1 Å². The van der Waals surface area contributed by atoms with Crippen molar-refractivity contribution in [2.75, 3.05) is 13.2 Å². The van der Waals surface area contributed by atoms with Gasteiger partial charge in [0.15, 0.2) is 0 Å². The predicted molar refractivity (Wildman–Crippen MR) is 95.5 cm³/mol. The van der Waals surface area contributed by atoms with Gasteiger partial charge in [-0.2, -0.15) is 0 Å². The second kappa shape index (κ2) is 8.01.